The first kappa shape index (κ1) is 23.6. The molecule has 0 bridgehead atoms. The van der Waals surface area contributed by atoms with Gasteiger partial charge in [0.2, 0.25) is 0 Å². The maximum atomic E-state index is 13.4. The number of carbonyl (C=O) groups is 1. The molecule has 32 heavy (non-hydrogen) atoms. The predicted octanol–water partition coefficient (Wildman–Crippen LogP) is 5.16. The Morgan fingerprint density at radius 1 is 0.906 bits per heavy atom. The summed E-state index contributed by atoms with van der Waals surface area (Å²) in [6.07, 6.45) is 0. The van der Waals surface area contributed by atoms with Crippen LogP contribution >= 0.6 is 11.6 Å². The number of halogens is 1. The van der Waals surface area contributed by atoms with Crippen LogP contribution in [0.3, 0.4) is 0 Å². The Labute approximate surface area is 193 Å². The lowest BCUT2D eigenvalue weighted by atomic mass is 10.2. The standard InChI is InChI=1S/C24H24ClNO5S/c1-4-30-20-9-7-19(8-10-20)26(32(28,29)22-12-5-17(2)6-13-22)24(27)16-31-21-11-14-23(25)18(3)15-21/h5-15H,4,16H2,1-3H3. The molecule has 0 aromatic heterocycles. The van der Waals surface area contributed by atoms with E-state index in [9.17, 15) is 13.2 Å². The van der Waals surface area contributed by atoms with Gasteiger partial charge in [0, 0.05) is 5.02 Å². The summed E-state index contributed by atoms with van der Waals surface area (Å²) in [6, 6.07) is 17.6. The van der Waals surface area contributed by atoms with Gasteiger partial charge in [0.1, 0.15) is 11.5 Å². The van der Waals surface area contributed by atoms with Gasteiger partial charge in [-0.1, -0.05) is 29.3 Å². The second-order valence-electron chi connectivity index (χ2n) is 7.10. The van der Waals surface area contributed by atoms with E-state index in [1.807, 2.05) is 20.8 Å². The lowest BCUT2D eigenvalue weighted by Gasteiger charge is -2.23. The van der Waals surface area contributed by atoms with Gasteiger partial charge in [-0.05, 0) is 80.9 Å². The van der Waals surface area contributed by atoms with Crippen molar-refractivity contribution in [3.63, 3.8) is 0 Å². The van der Waals surface area contributed by atoms with E-state index in [1.165, 1.54) is 24.3 Å². The Balaban J connectivity index is 1.94. The maximum Gasteiger partial charge on any atom is 0.278 e. The van der Waals surface area contributed by atoms with Gasteiger partial charge in [-0.3, -0.25) is 4.79 Å². The fourth-order valence-corrected chi connectivity index (χ4v) is 4.52. The molecule has 0 radical (unpaired) electrons. The topological polar surface area (TPSA) is 72.9 Å². The monoisotopic (exact) mass is 473 g/mol. The van der Waals surface area contributed by atoms with E-state index < -0.39 is 22.5 Å². The molecule has 0 saturated heterocycles. The van der Waals surface area contributed by atoms with Crippen LogP contribution in [-0.4, -0.2) is 27.5 Å². The van der Waals surface area contributed by atoms with E-state index in [4.69, 9.17) is 21.1 Å². The number of rotatable bonds is 8. The van der Waals surface area contributed by atoms with Gasteiger partial charge in [-0.15, -0.1) is 0 Å². The number of sulfonamides is 1. The van der Waals surface area contributed by atoms with Gasteiger partial charge < -0.3 is 9.47 Å². The molecule has 0 aliphatic carbocycles. The first-order valence-electron chi connectivity index (χ1n) is 9.99. The van der Waals surface area contributed by atoms with Gasteiger partial charge in [0.25, 0.3) is 15.9 Å². The molecule has 8 heteroatoms. The quantitative estimate of drug-likeness (QED) is 0.452. The number of anilines is 1. The van der Waals surface area contributed by atoms with Crippen molar-refractivity contribution >= 4 is 33.2 Å². The molecule has 3 aromatic rings. The number of amides is 1. The third kappa shape index (κ3) is 5.41. The van der Waals surface area contributed by atoms with Crippen LogP contribution in [0.25, 0.3) is 0 Å². The number of nitrogens with zero attached hydrogens (tertiary/aromatic N) is 1. The minimum absolute atomic E-state index is 0.00710. The highest BCUT2D eigenvalue weighted by Crippen LogP contribution is 2.27. The SMILES string of the molecule is CCOc1ccc(N(C(=O)COc2ccc(Cl)c(C)c2)S(=O)(=O)c2ccc(C)cc2)cc1. The van der Waals surface area contributed by atoms with Crippen LogP contribution in [0, 0.1) is 13.8 Å². The summed E-state index contributed by atoms with van der Waals surface area (Å²) in [5.74, 6) is 0.256. The van der Waals surface area contributed by atoms with Crippen molar-refractivity contribution in [3.8, 4) is 11.5 Å². The fraction of sp³-hybridized carbons (Fsp3) is 0.208. The average Bonchev–Trinajstić information content (AvgIpc) is 2.76. The van der Waals surface area contributed by atoms with E-state index in [2.05, 4.69) is 0 Å². The average molecular weight is 474 g/mol. The molecule has 6 nitrogen and oxygen atoms in total. The highest BCUT2D eigenvalue weighted by Gasteiger charge is 2.31. The van der Waals surface area contributed by atoms with Crippen molar-refractivity contribution in [2.75, 3.05) is 17.5 Å². The zero-order chi connectivity index (χ0) is 23.3. The van der Waals surface area contributed by atoms with Crippen molar-refractivity contribution in [1.29, 1.82) is 0 Å². The van der Waals surface area contributed by atoms with E-state index >= 15 is 0 Å². The fourth-order valence-electron chi connectivity index (χ4n) is 2.99. The Hall–Kier alpha value is -3.03. The second-order valence-corrected chi connectivity index (χ2v) is 9.30. The number of hydrogen-bond donors (Lipinski definition) is 0. The minimum Gasteiger partial charge on any atom is -0.494 e. The zero-order valence-corrected chi connectivity index (χ0v) is 19.6. The molecule has 3 rings (SSSR count). The van der Waals surface area contributed by atoms with Gasteiger partial charge in [0.15, 0.2) is 6.61 Å². The first-order valence-corrected chi connectivity index (χ1v) is 11.8. The Morgan fingerprint density at radius 2 is 1.53 bits per heavy atom. The van der Waals surface area contributed by atoms with Crippen LogP contribution in [0.2, 0.25) is 5.02 Å². The molecule has 0 aliphatic rings. The predicted molar refractivity (Wildman–Crippen MR) is 125 cm³/mol. The molecule has 0 unspecified atom stereocenters. The minimum atomic E-state index is -4.17. The summed E-state index contributed by atoms with van der Waals surface area (Å²) in [5.41, 5.74) is 1.88. The summed E-state index contributed by atoms with van der Waals surface area (Å²) in [5, 5.41) is 0.571. The first-order chi connectivity index (χ1) is 15.2. The number of benzene rings is 3. The number of hydrogen-bond acceptors (Lipinski definition) is 5. The lowest BCUT2D eigenvalue weighted by molar-refractivity contribution is -0.119. The molecular formula is C24H24ClNO5S. The summed E-state index contributed by atoms with van der Waals surface area (Å²) in [6.45, 7) is 5.51. The molecule has 168 valence electrons. The van der Waals surface area contributed by atoms with E-state index in [0.29, 0.717) is 23.1 Å². The van der Waals surface area contributed by atoms with Crippen molar-refractivity contribution < 1.29 is 22.7 Å². The molecule has 0 heterocycles. The zero-order valence-electron chi connectivity index (χ0n) is 18.0. The number of carbonyl (C=O) groups excluding carboxylic acids is 1. The summed E-state index contributed by atoms with van der Waals surface area (Å²) < 4.78 is 38.6. The molecule has 0 fully saturated rings. The Kier molecular flexibility index (Phi) is 7.43. The van der Waals surface area contributed by atoms with Crippen LogP contribution < -0.4 is 13.8 Å². The third-order valence-corrected chi connectivity index (χ3v) is 6.85. The lowest BCUT2D eigenvalue weighted by Crippen LogP contribution is -2.40. The van der Waals surface area contributed by atoms with Crippen molar-refractivity contribution in [2.45, 2.75) is 25.7 Å². The van der Waals surface area contributed by atoms with E-state index in [1.54, 1.807) is 42.5 Å². The van der Waals surface area contributed by atoms with Crippen molar-refractivity contribution in [2.24, 2.45) is 0 Å². The van der Waals surface area contributed by atoms with Gasteiger partial charge in [-0.25, -0.2) is 8.42 Å². The Morgan fingerprint density at radius 3 is 2.12 bits per heavy atom. The molecule has 1 amide bonds. The van der Waals surface area contributed by atoms with Gasteiger partial charge >= 0.3 is 0 Å². The maximum absolute atomic E-state index is 13.4. The van der Waals surface area contributed by atoms with Crippen molar-refractivity contribution in [1.82, 2.24) is 0 Å². The number of aryl methyl sites for hydroxylation is 2. The molecular weight excluding hydrogens is 450 g/mol. The molecule has 0 saturated carbocycles. The van der Waals surface area contributed by atoms with Crippen LogP contribution in [0.5, 0.6) is 11.5 Å². The highest BCUT2D eigenvalue weighted by molar-refractivity contribution is 7.93. The summed E-state index contributed by atoms with van der Waals surface area (Å²) >= 11 is 6.03. The van der Waals surface area contributed by atoms with Crippen LogP contribution in [-0.2, 0) is 14.8 Å². The van der Waals surface area contributed by atoms with E-state index in [-0.39, 0.29) is 10.6 Å². The van der Waals surface area contributed by atoms with Gasteiger partial charge in [-0.2, -0.15) is 4.31 Å². The summed E-state index contributed by atoms with van der Waals surface area (Å²) in [4.78, 5) is 13.1. The van der Waals surface area contributed by atoms with Gasteiger partial charge in [0.05, 0.1) is 17.2 Å². The molecule has 0 N–H and O–H groups in total. The normalized spacial score (nSPS) is 11.1. The smallest absolute Gasteiger partial charge is 0.278 e. The third-order valence-electron chi connectivity index (χ3n) is 4.66. The Bertz CT molecular complexity index is 1190. The highest BCUT2D eigenvalue weighted by atomic mass is 35.5. The van der Waals surface area contributed by atoms with Crippen LogP contribution in [0.1, 0.15) is 18.1 Å². The van der Waals surface area contributed by atoms with Crippen LogP contribution in [0.15, 0.2) is 71.6 Å². The summed E-state index contributed by atoms with van der Waals surface area (Å²) in [7, 11) is -4.17. The molecule has 0 atom stereocenters. The van der Waals surface area contributed by atoms with E-state index in [0.717, 1.165) is 15.4 Å². The van der Waals surface area contributed by atoms with Crippen molar-refractivity contribution in [3.05, 3.63) is 82.9 Å². The number of ether oxygens (including phenoxy) is 2. The molecule has 0 spiro atoms. The second kappa shape index (κ2) is 10.1. The molecule has 3 aromatic carbocycles. The van der Waals surface area contributed by atoms with Crippen LogP contribution in [0.4, 0.5) is 5.69 Å². The molecule has 0 aliphatic heterocycles. The largest absolute Gasteiger partial charge is 0.494 e.